The summed E-state index contributed by atoms with van der Waals surface area (Å²) in [5, 5.41) is 13.3. The van der Waals surface area contributed by atoms with Crippen LogP contribution in [-0.2, 0) is 16.6 Å². The van der Waals surface area contributed by atoms with Gasteiger partial charge in [-0.1, -0.05) is 25.9 Å². The quantitative estimate of drug-likeness (QED) is 0.868. The number of nitrogens with zero attached hydrogens (tertiary/aromatic N) is 1. The third-order valence-corrected chi connectivity index (χ3v) is 3.43. The predicted molar refractivity (Wildman–Crippen MR) is 62.7 cm³/mol. The van der Waals surface area contributed by atoms with E-state index in [1.807, 2.05) is 26.8 Å². The van der Waals surface area contributed by atoms with Gasteiger partial charge in [0.1, 0.15) is 11.5 Å². The maximum atomic E-state index is 11.8. The average molecular weight is 237 g/mol. The van der Waals surface area contributed by atoms with Gasteiger partial charge >= 0.3 is 0 Å². The second kappa shape index (κ2) is 3.95. The highest BCUT2D eigenvalue weighted by molar-refractivity contribution is 5.85. The fourth-order valence-corrected chi connectivity index (χ4v) is 1.72. The van der Waals surface area contributed by atoms with Crippen LogP contribution < -0.4 is 0 Å². The molecule has 17 heavy (non-hydrogen) atoms. The molecule has 94 valence electrons. The lowest BCUT2D eigenvalue weighted by molar-refractivity contribution is -0.125. The maximum Gasteiger partial charge on any atom is 0.145 e. The Labute approximate surface area is 101 Å². The minimum Gasteiger partial charge on any atom is -0.395 e. The summed E-state index contributed by atoms with van der Waals surface area (Å²) >= 11 is 0. The molecular weight excluding hydrogens is 218 g/mol. The summed E-state index contributed by atoms with van der Waals surface area (Å²) in [6, 6.07) is 1.81. The average Bonchev–Trinajstić information content (AvgIpc) is 2.91. The second-order valence-corrected chi connectivity index (χ2v) is 5.97. The van der Waals surface area contributed by atoms with Crippen molar-refractivity contribution < 1.29 is 14.4 Å². The number of hydrogen-bond acceptors (Lipinski definition) is 4. The number of Topliss-reactive ketones (excluding diaryl/α,β-unsaturated/α-hetero) is 1. The summed E-state index contributed by atoms with van der Waals surface area (Å²) < 4.78 is 5.18. The van der Waals surface area contributed by atoms with Crippen LogP contribution in [0.2, 0.25) is 0 Å². The molecule has 1 saturated carbocycles. The van der Waals surface area contributed by atoms with Crippen molar-refractivity contribution in [3.8, 4) is 0 Å². The molecule has 1 fully saturated rings. The molecule has 0 aliphatic heterocycles. The van der Waals surface area contributed by atoms with Gasteiger partial charge in [-0.25, -0.2) is 0 Å². The largest absolute Gasteiger partial charge is 0.395 e. The van der Waals surface area contributed by atoms with Gasteiger partial charge in [0.25, 0.3) is 0 Å². The van der Waals surface area contributed by atoms with Crippen LogP contribution in [0.3, 0.4) is 0 Å². The number of aliphatic hydroxyl groups is 1. The van der Waals surface area contributed by atoms with Crippen molar-refractivity contribution >= 4 is 5.78 Å². The Kier molecular flexibility index (Phi) is 2.86. The van der Waals surface area contributed by atoms with E-state index in [4.69, 9.17) is 4.52 Å². The molecule has 0 saturated heterocycles. The fraction of sp³-hybridized carbons (Fsp3) is 0.692. The molecule has 0 radical (unpaired) electrons. The number of ketones is 1. The van der Waals surface area contributed by atoms with E-state index in [9.17, 15) is 9.90 Å². The number of aromatic nitrogens is 1. The zero-order chi connectivity index (χ0) is 12.7. The van der Waals surface area contributed by atoms with Gasteiger partial charge in [0.2, 0.25) is 0 Å². The number of rotatable bonds is 4. The van der Waals surface area contributed by atoms with Gasteiger partial charge in [-0.2, -0.15) is 0 Å². The molecule has 1 aromatic rings. The van der Waals surface area contributed by atoms with Crippen LogP contribution in [-0.4, -0.2) is 22.7 Å². The lowest BCUT2D eigenvalue weighted by atomic mass is 9.88. The van der Waals surface area contributed by atoms with Crippen LogP contribution in [0, 0.1) is 5.41 Å². The van der Waals surface area contributed by atoms with E-state index >= 15 is 0 Å². The van der Waals surface area contributed by atoms with Crippen molar-refractivity contribution in [1.82, 2.24) is 5.16 Å². The molecule has 2 rings (SSSR count). The summed E-state index contributed by atoms with van der Waals surface area (Å²) in [4.78, 5) is 11.8. The predicted octanol–water partition coefficient (Wildman–Crippen LogP) is 1.86. The SMILES string of the molecule is CC(C)(C)C(=O)Cc1cc(C2(CO)CC2)no1. The van der Waals surface area contributed by atoms with Crippen LogP contribution >= 0.6 is 0 Å². The highest BCUT2D eigenvalue weighted by Crippen LogP contribution is 2.47. The smallest absolute Gasteiger partial charge is 0.145 e. The van der Waals surface area contributed by atoms with Gasteiger partial charge in [0, 0.05) is 16.9 Å². The van der Waals surface area contributed by atoms with Crippen LogP contribution in [0.25, 0.3) is 0 Å². The fourth-order valence-electron chi connectivity index (χ4n) is 1.72. The number of carbonyl (C=O) groups is 1. The highest BCUT2D eigenvalue weighted by Gasteiger charge is 2.46. The standard InChI is InChI=1S/C13H19NO3/c1-12(2,3)11(16)7-9-6-10(14-17-9)13(8-15)4-5-13/h6,15H,4-5,7-8H2,1-3H3. The van der Waals surface area contributed by atoms with Gasteiger partial charge in [0.15, 0.2) is 0 Å². The summed E-state index contributed by atoms with van der Waals surface area (Å²) in [6.45, 7) is 5.78. The van der Waals surface area contributed by atoms with Crippen molar-refractivity contribution in [2.75, 3.05) is 6.61 Å². The maximum absolute atomic E-state index is 11.8. The minimum atomic E-state index is -0.360. The lowest BCUT2D eigenvalue weighted by Gasteiger charge is -2.14. The summed E-state index contributed by atoms with van der Waals surface area (Å²) in [5.74, 6) is 0.730. The van der Waals surface area contributed by atoms with E-state index in [1.54, 1.807) is 0 Å². The number of hydrogen-bond donors (Lipinski definition) is 1. The molecule has 1 aliphatic rings. The molecule has 1 aromatic heterocycles. The van der Waals surface area contributed by atoms with E-state index in [0.717, 1.165) is 18.5 Å². The van der Waals surface area contributed by atoms with Crippen LogP contribution in [0.5, 0.6) is 0 Å². The second-order valence-electron chi connectivity index (χ2n) is 5.97. The molecule has 1 heterocycles. The summed E-state index contributed by atoms with van der Waals surface area (Å²) in [5.41, 5.74) is 0.241. The Balaban J connectivity index is 2.07. The Morgan fingerprint density at radius 1 is 1.53 bits per heavy atom. The molecule has 0 spiro atoms. The normalized spacial score (nSPS) is 18.1. The van der Waals surface area contributed by atoms with Gasteiger partial charge in [0.05, 0.1) is 18.7 Å². The molecule has 0 aromatic carbocycles. The molecule has 0 atom stereocenters. The number of aliphatic hydroxyl groups excluding tert-OH is 1. The van der Waals surface area contributed by atoms with E-state index < -0.39 is 0 Å². The first kappa shape index (κ1) is 12.3. The Morgan fingerprint density at radius 3 is 2.65 bits per heavy atom. The summed E-state index contributed by atoms with van der Waals surface area (Å²) in [6.07, 6.45) is 2.17. The number of carbonyl (C=O) groups excluding carboxylic acids is 1. The van der Waals surface area contributed by atoms with E-state index in [0.29, 0.717) is 5.76 Å². The van der Waals surface area contributed by atoms with Crippen molar-refractivity contribution in [1.29, 1.82) is 0 Å². The molecular formula is C13H19NO3. The monoisotopic (exact) mass is 237 g/mol. The Bertz CT molecular complexity index is 424. The zero-order valence-electron chi connectivity index (χ0n) is 10.6. The topological polar surface area (TPSA) is 63.3 Å². The first-order chi connectivity index (χ1) is 7.87. The van der Waals surface area contributed by atoms with Gasteiger partial charge in [-0.15, -0.1) is 0 Å². The Hall–Kier alpha value is -1.16. The third-order valence-electron chi connectivity index (χ3n) is 3.43. The molecule has 4 nitrogen and oxygen atoms in total. The van der Waals surface area contributed by atoms with Crippen molar-refractivity contribution in [3.63, 3.8) is 0 Å². The molecule has 0 amide bonds. The van der Waals surface area contributed by atoms with E-state index in [2.05, 4.69) is 5.16 Å². The highest BCUT2D eigenvalue weighted by atomic mass is 16.5. The van der Waals surface area contributed by atoms with Crippen LogP contribution in [0.4, 0.5) is 0 Å². The van der Waals surface area contributed by atoms with Crippen LogP contribution in [0.1, 0.15) is 45.1 Å². The molecule has 4 heteroatoms. The van der Waals surface area contributed by atoms with Gasteiger partial charge in [-0.3, -0.25) is 4.79 Å². The molecule has 1 N–H and O–H groups in total. The van der Waals surface area contributed by atoms with Crippen LogP contribution in [0.15, 0.2) is 10.6 Å². The lowest BCUT2D eigenvalue weighted by Crippen LogP contribution is -2.21. The van der Waals surface area contributed by atoms with Gasteiger partial charge in [-0.05, 0) is 12.8 Å². The third kappa shape index (κ3) is 2.41. The van der Waals surface area contributed by atoms with Crippen molar-refractivity contribution in [3.05, 3.63) is 17.5 Å². The van der Waals surface area contributed by atoms with Crippen molar-refractivity contribution in [2.24, 2.45) is 5.41 Å². The summed E-state index contributed by atoms with van der Waals surface area (Å²) in [7, 11) is 0. The Morgan fingerprint density at radius 2 is 2.18 bits per heavy atom. The first-order valence-electron chi connectivity index (χ1n) is 5.98. The van der Waals surface area contributed by atoms with E-state index in [1.165, 1.54) is 0 Å². The van der Waals surface area contributed by atoms with Crippen molar-refractivity contribution in [2.45, 2.75) is 45.4 Å². The zero-order valence-corrected chi connectivity index (χ0v) is 10.6. The van der Waals surface area contributed by atoms with Gasteiger partial charge < -0.3 is 9.63 Å². The molecule has 0 unspecified atom stereocenters. The van der Waals surface area contributed by atoms with E-state index in [-0.39, 0.29) is 29.6 Å². The molecule has 1 aliphatic carbocycles. The molecule has 0 bridgehead atoms. The minimum absolute atomic E-state index is 0.103. The first-order valence-corrected chi connectivity index (χ1v) is 5.98.